The molecule has 6 nitrogen and oxygen atoms in total. The zero-order chi connectivity index (χ0) is 21.2. The van der Waals surface area contributed by atoms with Gasteiger partial charge in [0.15, 0.2) is 0 Å². The number of benzene rings is 2. The number of phenolic OH excluding ortho intramolecular Hbond substituents is 1. The van der Waals surface area contributed by atoms with E-state index in [9.17, 15) is 19.7 Å². The van der Waals surface area contributed by atoms with Gasteiger partial charge in [0.25, 0.3) is 0 Å². The molecule has 2 aromatic carbocycles. The Morgan fingerprint density at radius 2 is 1.83 bits per heavy atom. The largest absolute Gasteiger partial charge is 0.507 e. The van der Waals surface area contributed by atoms with Crippen LogP contribution < -0.4 is 0 Å². The van der Waals surface area contributed by atoms with E-state index < -0.39 is 19.1 Å². The van der Waals surface area contributed by atoms with Gasteiger partial charge in [-0.15, -0.1) is 0 Å². The first kappa shape index (κ1) is 19.3. The van der Waals surface area contributed by atoms with Crippen LogP contribution in [0.5, 0.6) is 5.75 Å². The summed E-state index contributed by atoms with van der Waals surface area (Å²) in [6.45, 7) is 2.01. The molecule has 0 spiro atoms. The molecule has 0 saturated carbocycles. The molecule has 4 atom stereocenters. The van der Waals surface area contributed by atoms with Crippen molar-refractivity contribution in [1.29, 1.82) is 0 Å². The summed E-state index contributed by atoms with van der Waals surface area (Å²) in [5.74, 6) is -1.13. The van der Waals surface area contributed by atoms with Gasteiger partial charge in [0.05, 0.1) is 17.9 Å². The second-order valence-electron chi connectivity index (χ2n) is 8.52. The summed E-state index contributed by atoms with van der Waals surface area (Å²) in [7, 11) is 0.445. The van der Waals surface area contributed by atoms with E-state index in [1.54, 1.807) is 13.1 Å². The number of imide groups is 1. The third kappa shape index (κ3) is 2.65. The first-order valence-electron chi connectivity index (χ1n) is 10.5. The van der Waals surface area contributed by atoms with E-state index >= 15 is 0 Å². The van der Waals surface area contributed by atoms with Gasteiger partial charge >= 0.3 is 7.12 Å². The molecule has 1 aliphatic carbocycles. The molecule has 2 heterocycles. The maximum Gasteiger partial charge on any atom is 0.487 e. The van der Waals surface area contributed by atoms with E-state index in [0.29, 0.717) is 19.3 Å². The Bertz CT molecular complexity index is 1100. The van der Waals surface area contributed by atoms with Crippen LogP contribution in [-0.2, 0) is 14.2 Å². The lowest BCUT2D eigenvalue weighted by molar-refractivity contribution is -0.138. The summed E-state index contributed by atoms with van der Waals surface area (Å²) < 4.78 is 6.07. The Hall–Kier alpha value is -2.64. The molecule has 154 valence electrons. The highest BCUT2D eigenvalue weighted by molar-refractivity contribution is 6.53. The van der Waals surface area contributed by atoms with Gasteiger partial charge in [-0.2, -0.15) is 0 Å². The van der Waals surface area contributed by atoms with Gasteiger partial charge in [0.2, 0.25) is 11.8 Å². The Kier molecular flexibility index (Phi) is 4.49. The topological polar surface area (TPSA) is 87.1 Å². The number of carbonyl (C=O) groups excluding carboxylic acids is 2. The molecule has 0 radical (unpaired) electrons. The van der Waals surface area contributed by atoms with Crippen molar-refractivity contribution in [2.24, 2.45) is 17.8 Å². The van der Waals surface area contributed by atoms with Crippen molar-refractivity contribution in [1.82, 2.24) is 4.90 Å². The number of allylic oxidation sites excluding steroid dienone is 2. The molecule has 2 amide bonds. The number of nitrogens with zero attached hydrogens (tertiary/aromatic N) is 1. The Balaban J connectivity index is 1.60. The number of fused-ring (bicyclic) bond motifs is 4. The summed E-state index contributed by atoms with van der Waals surface area (Å²) in [5, 5.41) is 22.8. The minimum Gasteiger partial charge on any atom is -0.507 e. The molecule has 2 aliphatic heterocycles. The number of hydrogen-bond acceptors (Lipinski definition) is 5. The molecule has 2 aromatic rings. The maximum atomic E-state index is 12.9. The predicted octanol–water partition coefficient (Wildman–Crippen LogP) is 2.98. The maximum absolute atomic E-state index is 12.9. The molecule has 0 bridgehead atoms. The van der Waals surface area contributed by atoms with Crippen LogP contribution in [0.3, 0.4) is 0 Å². The molecule has 2 fully saturated rings. The fraction of sp³-hybridized carbons (Fsp3) is 0.391. The minimum absolute atomic E-state index is 0.123. The summed E-state index contributed by atoms with van der Waals surface area (Å²) in [4.78, 5) is 26.9. The zero-order valence-corrected chi connectivity index (χ0v) is 17.0. The molecular formula is C23H24BNO5. The first-order valence-corrected chi connectivity index (χ1v) is 10.5. The van der Waals surface area contributed by atoms with Gasteiger partial charge in [-0.3, -0.25) is 14.5 Å². The third-order valence-electron chi connectivity index (χ3n) is 7.14. The number of amides is 2. The summed E-state index contributed by atoms with van der Waals surface area (Å²) in [6.07, 6.45) is 1.30. The van der Waals surface area contributed by atoms with Crippen molar-refractivity contribution >= 4 is 29.7 Å². The van der Waals surface area contributed by atoms with Crippen LogP contribution in [0.4, 0.5) is 0 Å². The lowest BCUT2D eigenvalue weighted by atomic mass is 9.55. The lowest BCUT2D eigenvalue weighted by Gasteiger charge is -2.42. The summed E-state index contributed by atoms with van der Waals surface area (Å²) >= 11 is 0. The molecule has 5 rings (SSSR count). The normalized spacial score (nSPS) is 28.9. The molecule has 2 saturated heterocycles. The average Bonchev–Trinajstić information content (AvgIpc) is 2.97. The lowest BCUT2D eigenvalue weighted by Crippen LogP contribution is -2.44. The van der Waals surface area contributed by atoms with Gasteiger partial charge < -0.3 is 14.8 Å². The van der Waals surface area contributed by atoms with Crippen LogP contribution in [-0.4, -0.2) is 41.0 Å². The van der Waals surface area contributed by atoms with Crippen molar-refractivity contribution in [3.63, 3.8) is 0 Å². The zero-order valence-electron chi connectivity index (χ0n) is 17.0. The van der Waals surface area contributed by atoms with Crippen molar-refractivity contribution in [2.75, 3.05) is 7.05 Å². The van der Waals surface area contributed by atoms with Crippen molar-refractivity contribution < 1.29 is 24.4 Å². The molecule has 0 unspecified atom stereocenters. The fourth-order valence-corrected chi connectivity index (χ4v) is 5.69. The van der Waals surface area contributed by atoms with Crippen molar-refractivity contribution in [3.05, 3.63) is 53.0 Å². The van der Waals surface area contributed by atoms with Gasteiger partial charge in [-0.25, -0.2) is 0 Å². The molecule has 2 N–H and O–H groups in total. The molecule has 30 heavy (non-hydrogen) atoms. The van der Waals surface area contributed by atoms with Gasteiger partial charge in [0.1, 0.15) is 5.75 Å². The number of aromatic hydroxyl groups is 1. The first-order chi connectivity index (χ1) is 14.4. The number of likely N-dealkylation sites (tertiary alicyclic amines) is 1. The van der Waals surface area contributed by atoms with Crippen LogP contribution >= 0.6 is 0 Å². The highest BCUT2D eigenvalue weighted by atomic mass is 16.5. The molecular weight excluding hydrogens is 381 g/mol. The molecule has 7 heteroatoms. The number of carbonyl (C=O) groups is 2. The third-order valence-corrected chi connectivity index (χ3v) is 7.14. The summed E-state index contributed by atoms with van der Waals surface area (Å²) in [6, 6.07) is 11.0. The van der Waals surface area contributed by atoms with E-state index in [1.807, 2.05) is 37.3 Å². The van der Waals surface area contributed by atoms with Crippen molar-refractivity contribution in [3.8, 4) is 5.75 Å². The Morgan fingerprint density at radius 1 is 1.10 bits per heavy atom. The quantitative estimate of drug-likeness (QED) is 0.593. The van der Waals surface area contributed by atoms with Crippen LogP contribution in [0.2, 0.25) is 0 Å². The van der Waals surface area contributed by atoms with Gasteiger partial charge in [0, 0.05) is 12.4 Å². The average molecular weight is 405 g/mol. The molecule has 3 aliphatic rings. The highest BCUT2D eigenvalue weighted by Gasteiger charge is 2.56. The van der Waals surface area contributed by atoms with Gasteiger partial charge in [-0.1, -0.05) is 42.8 Å². The van der Waals surface area contributed by atoms with E-state index in [0.717, 1.165) is 27.4 Å². The predicted molar refractivity (Wildman–Crippen MR) is 112 cm³/mol. The van der Waals surface area contributed by atoms with Crippen LogP contribution in [0.25, 0.3) is 10.8 Å². The monoisotopic (exact) mass is 405 g/mol. The van der Waals surface area contributed by atoms with Crippen LogP contribution in [0.15, 0.2) is 47.4 Å². The van der Waals surface area contributed by atoms with Crippen molar-refractivity contribution in [2.45, 2.75) is 32.3 Å². The number of hydrogen-bond donors (Lipinski definition) is 2. The number of rotatable bonds is 2. The Labute approximate surface area is 175 Å². The van der Waals surface area contributed by atoms with E-state index in [1.165, 1.54) is 4.90 Å². The van der Waals surface area contributed by atoms with Crippen LogP contribution in [0.1, 0.15) is 37.9 Å². The summed E-state index contributed by atoms with van der Waals surface area (Å²) in [5.41, 5.74) is 2.68. The van der Waals surface area contributed by atoms with E-state index in [2.05, 4.69) is 0 Å². The molecule has 0 aromatic heterocycles. The van der Waals surface area contributed by atoms with Gasteiger partial charge in [-0.05, 0) is 47.7 Å². The number of phenols is 1. The van der Waals surface area contributed by atoms with E-state index in [4.69, 9.17) is 4.65 Å². The fourth-order valence-electron chi connectivity index (χ4n) is 5.69. The highest BCUT2D eigenvalue weighted by Crippen LogP contribution is 2.52. The second-order valence-corrected chi connectivity index (χ2v) is 8.52. The standard InChI is InChI=1S/C23H24BNO5/c1-3-12-10-17-20(23(28)25(2)22(17)27)16-11-19(30-24(29)21(12)16)15-8-9-18(26)14-7-5-4-6-13(14)15/h4-9,16-17,19-20,26,29H,3,10-11H2,1-2H3/t16-,17-,19-,20+/m0/s1. The van der Waals surface area contributed by atoms with Crippen LogP contribution in [0, 0.1) is 17.8 Å². The second kappa shape index (κ2) is 6.96. The Morgan fingerprint density at radius 3 is 2.57 bits per heavy atom. The SMILES string of the molecule is CCC1=C2B(O)O[C@H](c3ccc(O)c4ccccc34)C[C@H]2[C@H]2C(=O)N(C)C(=O)[C@H]2C1. The smallest absolute Gasteiger partial charge is 0.487 e. The minimum atomic E-state index is -1.11. The van der Waals surface area contributed by atoms with E-state index in [-0.39, 0.29) is 29.4 Å².